The van der Waals surface area contributed by atoms with E-state index >= 15 is 0 Å². The molecule has 0 aromatic heterocycles. The Balaban J connectivity index is 1.54. The van der Waals surface area contributed by atoms with E-state index in [9.17, 15) is 5.26 Å². The van der Waals surface area contributed by atoms with Gasteiger partial charge in [-0.1, -0.05) is 72.8 Å². The van der Waals surface area contributed by atoms with Crippen LogP contribution in [0.2, 0.25) is 0 Å². The number of nitrogens with zero attached hydrogens (tertiary/aromatic N) is 1. The zero-order valence-electron chi connectivity index (χ0n) is 15.8. The minimum atomic E-state index is 0.673. The van der Waals surface area contributed by atoms with Crippen molar-refractivity contribution >= 4 is 32.9 Å². The summed E-state index contributed by atoms with van der Waals surface area (Å²) in [7, 11) is 0. The number of hydrogen-bond acceptors (Lipinski definition) is 2. The van der Waals surface area contributed by atoms with Gasteiger partial charge in [0, 0.05) is 16.9 Å². The fourth-order valence-corrected chi connectivity index (χ4v) is 3.83. The number of rotatable bonds is 3. The Bertz CT molecular complexity index is 1380. The predicted molar refractivity (Wildman–Crippen MR) is 121 cm³/mol. The molecule has 0 unspecified atom stereocenters. The maximum atomic E-state index is 9.49. The molecule has 2 heteroatoms. The topological polar surface area (TPSA) is 35.8 Å². The second kappa shape index (κ2) is 7.14. The maximum absolute atomic E-state index is 9.49. The van der Waals surface area contributed by atoms with Gasteiger partial charge < -0.3 is 5.32 Å². The highest BCUT2D eigenvalue weighted by molar-refractivity contribution is 6.08. The van der Waals surface area contributed by atoms with Crippen LogP contribution in [-0.2, 0) is 0 Å². The van der Waals surface area contributed by atoms with Crippen molar-refractivity contribution in [2.75, 3.05) is 5.32 Å². The summed E-state index contributed by atoms with van der Waals surface area (Å²) in [6.45, 7) is 0. The average Bonchev–Trinajstić information content (AvgIpc) is 2.79. The van der Waals surface area contributed by atoms with E-state index in [1.54, 1.807) is 0 Å². The van der Waals surface area contributed by atoms with E-state index in [0.29, 0.717) is 5.56 Å². The van der Waals surface area contributed by atoms with E-state index in [-0.39, 0.29) is 0 Å². The molecular formula is C27H18N2. The molecule has 0 atom stereocenters. The number of fused-ring (bicyclic) bond motifs is 3. The number of nitrogens with one attached hydrogen (secondary N) is 1. The Labute approximate surface area is 169 Å². The van der Waals surface area contributed by atoms with Gasteiger partial charge in [-0.05, 0) is 57.4 Å². The van der Waals surface area contributed by atoms with Gasteiger partial charge in [0.1, 0.15) is 0 Å². The second-order valence-corrected chi connectivity index (χ2v) is 7.09. The van der Waals surface area contributed by atoms with E-state index in [4.69, 9.17) is 0 Å². The molecule has 0 radical (unpaired) electrons. The van der Waals surface area contributed by atoms with Gasteiger partial charge in [-0.2, -0.15) is 5.26 Å². The van der Waals surface area contributed by atoms with Crippen LogP contribution in [0, 0.1) is 11.3 Å². The highest BCUT2D eigenvalue weighted by atomic mass is 14.9. The molecule has 2 nitrogen and oxygen atoms in total. The van der Waals surface area contributed by atoms with Crippen molar-refractivity contribution in [2.24, 2.45) is 0 Å². The first-order valence-corrected chi connectivity index (χ1v) is 9.60. The monoisotopic (exact) mass is 370 g/mol. The fraction of sp³-hybridized carbons (Fsp3) is 0. The van der Waals surface area contributed by atoms with Gasteiger partial charge in [0.2, 0.25) is 0 Å². The van der Waals surface area contributed by atoms with E-state index in [1.807, 2.05) is 48.5 Å². The summed E-state index contributed by atoms with van der Waals surface area (Å²) in [5.74, 6) is 0. The first-order chi connectivity index (χ1) is 14.3. The molecular weight excluding hydrogens is 352 g/mol. The molecule has 5 rings (SSSR count). The Hall–Kier alpha value is -4.09. The van der Waals surface area contributed by atoms with Crippen molar-refractivity contribution in [3.8, 4) is 17.2 Å². The van der Waals surface area contributed by atoms with E-state index in [2.05, 4.69) is 66.0 Å². The van der Waals surface area contributed by atoms with Crippen molar-refractivity contribution in [2.45, 2.75) is 0 Å². The summed E-state index contributed by atoms with van der Waals surface area (Å²) in [5, 5.41) is 18.0. The molecule has 0 amide bonds. The third kappa shape index (κ3) is 3.20. The number of benzene rings is 5. The molecule has 0 bridgehead atoms. The van der Waals surface area contributed by atoms with Gasteiger partial charge in [0.25, 0.3) is 0 Å². The summed E-state index contributed by atoms with van der Waals surface area (Å²) in [5.41, 5.74) is 4.63. The van der Waals surface area contributed by atoms with Crippen molar-refractivity contribution < 1.29 is 0 Å². The third-order valence-electron chi connectivity index (χ3n) is 5.26. The van der Waals surface area contributed by atoms with Crippen LogP contribution >= 0.6 is 0 Å². The lowest BCUT2D eigenvalue weighted by atomic mass is 9.99. The van der Waals surface area contributed by atoms with Crippen LogP contribution in [0.5, 0.6) is 0 Å². The molecule has 0 saturated carbocycles. The second-order valence-electron chi connectivity index (χ2n) is 7.09. The first-order valence-electron chi connectivity index (χ1n) is 9.60. The van der Waals surface area contributed by atoms with E-state index in [1.165, 1.54) is 21.5 Å². The molecule has 0 aliphatic carbocycles. The van der Waals surface area contributed by atoms with Gasteiger partial charge in [-0.25, -0.2) is 0 Å². The maximum Gasteiger partial charge on any atom is 0.0998 e. The summed E-state index contributed by atoms with van der Waals surface area (Å²) in [6.07, 6.45) is 0. The molecule has 0 saturated heterocycles. The SMILES string of the molecule is N#Cc1ccc(Nc2ccc3c(ccc4ccccc43)c2)cc1-c1ccccc1. The molecule has 5 aromatic carbocycles. The molecule has 29 heavy (non-hydrogen) atoms. The van der Waals surface area contributed by atoms with Crippen LogP contribution in [0.3, 0.4) is 0 Å². The highest BCUT2D eigenvalue weighted by Gasteiger charge is 2.07. The number of anilines is 2. The Morgan fingerprint density at radius 2 is 1.28 bits per heavy atom. The largest absolute Gasteiger partial charge is 0.355 e. The lowest BCUT2D eigenvalue weighted by molar-refractivity contribution is 1.47. The summed E-state index contributed by atoms with van der Waals surface area (Å²) in [4.78, 5) is 0. The van der Waals surface area contributed by atoms with Gasteiger partial charge in [-0.3, -0.25) is 0 Å². The Morgan fingerprint density at radius 3 is 2.14 bits per heavy atom. The summed E-state index contributed by atoms with van der Waals surface area (Å²) >= 11 is 0. The van der Waals surface area contributed by atoms with Crippen molar-refractivity contribution in [1.29, 1.82) is 5.26 Å². The minimum absolute atomic E-state index is 0.673. The minimum Gasteiger partial charge on any atom is -0.355 e. The first kappa shape index (κ1) is 17.0. The van der Waals surface area contributed by atoms with Crippen LogP contribution in [0.25, 0.3) is 32.7 Å². The molecule has 136 valence electrons. The van der Waals surface area contributed by atoms with Crippen LogP contribution in [0.15, 0.2) is 103 Å². The molecule has 0 aliphatic heterocycles. The molecule has 0 aliphatic rings. The summed E-state index contributed by atoms with van der Waals surface area (Å²) in [6, 6.07) is 37.4. The van der Waals surface area contributed by atoms with Crippen molar-refractivity contribution in [1.82, 2.24) is 0 Å². The number of hydrogen-bond donors (Lipinski definition) is 1. The van der Waals surface area contributed by atoms with Gasteiger partial charge in [-0.15, -0.1) is 0 Å². The van der Waals surface area contributed by atoms with Crippen LogP contribution in [0.1, 0.15) is 5.56 Å². The predicted octanol–water partition coefficient (Wildman–Crippen LogP) is 7.28. The Morgan fingerprint density at radius 1 is 0.586 bits per heavy atom. The van der Waals surface area contributed by atoms with Gasteiger partial charge in [0.05, 0.1) is 11.6 Å². The third-order valence-corrected chi connectivity index (χ3v) is 5.26. The van der Waals surface area contributed by atoms with Gasteiger partial charge in [0.15, 0.2) is 0 Å². The fourth-order valence-electron chi connectivity index (χ4n) is 3.83. The zero-order chi connectivity index (χ0) is 19.6. The lowest BCUT2D eigenvalue weighted by Gasteiger charge is -2.12. The van der Waals surface area contributed by atoms with Crippen LogP contribution in [-0.4, -0.2) is 0 Å². The van der Waals surface area contributed by atoms with Crippen LogP contribution < -0.4 is 5.32 Å². The molecule has 5 aromatic rings. The van der Waals surface area contributed by atoms with Crippen molar-refractivity contribution in [3.05, 3.63) is 109 Å². The molecule has 0 heterocycles. The average molecular weight is 370 g/mol. The van der Waals surface area contributed by atoms with Crippen LogP contribution in [0.4, 0.5) is 11.4 Å². The van der Waals surface area contributed by atoms with Crippen molar-refractivity contribution in [3.63, 3.8) is 0 Å². The smallest absolute Gasteiger partial charge is 0.0998 e. The highest BCUT2D eigenvalue weighted by Crippen LogP contribution is 2.31. The van der Waals surface area contributed by atoms with E-state index < -0.39 is 0 Å². The molecule has 1 N–H and O–H groups in total. The quantitative estimate of drug-likeness (QED) is 0.339. The van der Waals surface area contributed by atoms with E-state index in [0.717, 1.165) is 22.5 Å². The number of nitriles is 1. The normalized spacial score (nSPS) is 10.7. The molecule has 0 fully saturated rings. The zero-order valence-corrected chi connectivity index (χ0v) is 15.8. The lowest BCUT2D eigenvalue weighted by Crippen LogP contribution is -1.93. The summed E-state index contributed by atoms with van der Waals surface area (Å²) < 4.78 is 0. The Kier molecular flexibility index (Phi) is 4.20. The standard InChI is InChI=1S/C27H18N2/c28-18-22-12-13-24(17-27(22)19-6-2-1-3-7-19)29-23-14-15-26-21(16-23)11-10-20-8-4-5-9-25(20)26/h1-17,29H. The molecule has 0 spiro atoms. The van der Waals surface area contributed by atoms with Gasteiger partial charge >= 0.3 is 0 Å².